The van der Waals surface area contributed by atoms with Gasteiger partial charge in [-0.15, -0.1) is 0 Å². The quantitative estimate of drug-likeness (QED) is 0.886. The second kappa shape index (κ2) is 5.83. The van der Waals surface area contributed by atoms with Crippen LogP contribution in [0.4, 0.5) is 0 Å². The molecule has 1 aromatic rings. The summed E-state index contributed by atoms with van der Waals surface area (Å²) in [5.74, 6) is 0.261. The summed E-state index contributed by atoms with van der Waals surface area (Å²) in [5, 5.41) is 9.26. The Kier molecular flexibility index (Phi) is 4.33. The molecule has 4 nitrogen and oxygen atoms in total. The van der Waals surface area contributed by atoms with Gasteiger partial charge in [-0.05, 0) is 42.4 Å². The summed E-state index contributed by atoms with van der Waals surface area (Å²) in [6.07, 6.45) is 2.71. The van der Waals surface area contributed by atoms with Gasteiger partial charge in [0.2, 0.25) is 5.91 Å². The number of rotatable bonds is 3. The Bertz CT molecular complexity index is 468. The first-order valence-corrected chi connectivity index (χ1v) is 7.20. The molecule has 0 saturated carbocycles. The highest BCUT2D eigenvalue weighted by Crippen LogP contribution is 2.28. The Morgan fingerprint density at radius 3 is 2.65 bits per heavy atom. The normalized spacial score (nSPS) is 19.6. The third-order valence-corrected chi connectivity index (χ3v) is 3.92. The molecule has 0 radical (unpaired) electrons. The highest BCUT2D eigenvalue weighted by Gasteiger charge is 2.31. The molecule has 1 heterocycles. The lowest BCUT2D eigenvalue weighted by atomic mass is 9.84. The molecule has 4 heteroatoms. The molecule has 1 saturated heterocycles. The van der Waals surface area contributed by atoms with Crippen LogP contribution in [0, 0.1) is 5.41 Å². The van der Waals surface area contributed by atoms with Gasteiger partial charge in [0.15, 0.2) is 0 Å². The van der Waals surface area contributed by atoms with E-state index in [0.29, 0.717) is 6.42 Å². The van der Waals surface area contributed by atoms with Crippen molar-refractivity contribution in [3.05, 3.63) is 29.8 Å². The molecule has 0 aromatic heterocycles. The van der Waals surface area contributed by atoms with Gasteiger partial charge >= 0.3 is 0 Å². The maximum atomic E-state index is 12.4. The lowest BCUT2D eigenvalue weighted by Gasteiger charge is -2.39. The van der Waals surface area contributed by atoms with Crippen molar-refractivity contribution in [2.45, 2.75) is 39.2 Å². The fraction of sp³-hybridized carbons (Fsp3) is 0.562. The van der Waals surface area contributed by atoms with Crippen LogP contribution in [0.2, 0.25) is 0 Å². The van der Waals surface area contributed by atoms with Crippen LogP contribution < -0.4 is 5.73 Å². The second-order valence-electron chi connectivity index (χ2n) is 6.50. The Hall–Kier alpha value is -1.55. The zero-order valence-corrected chi connectivity index (χ0v) is 12.3. The number of piperidine rings is 1. The molecule has 1 amide bonds. The molecule has 1 aliphatic heterocycles. The van der Waals surface area contributed by atoms with E-state index in [1.807, 2.05) is 17.0 Å². The number of amides is 1. The number of aromatic hydroxyl groups is 1. The van der Waals surface area contributed by atoms with Gasteiger partial charge in [-0.25, -0.2) is 0 Å². The minimum atomic E-state index is -0.506. The van der Waals surface area contributed by atoms with E-state index in [1.54, 1.807) is 12.1 Å². The van der Waals surface area contributed by atoms with Gasteiger partial charge in [-0.1, -0.05) is 26.0 Å². The Labute approximate surface area is 120 Å². The first kappa shape index (κ1) is 14.9. The zero-order valence-electron chi connectivity index (χ0n) is 12.3. The zero-order chi connectivity index (χ0) is 14.8. The van der Waals surface area contributed by atoms with Crippen LogP contribution in [-0.2, 0) is 11.2 Å². The van der Waals surface area contributed by atoms with E-state index in [0.717, 1.165) is 31.5 Å². The first-order chi connectivity index (χ1) is 9.37. The van der Waals surface area contributed by atoms with Crippen LogP contribution in [0.1, 0.15) is 32.3 Å². The fourth-order valence-electron chi connectivity index (χ4n) is 2.82. The molecule has 1 fully saturated rings. The van der Waals surface area contributed by atoms with Crippen LogP contribution >= 0.6 is 0 Å². The van der Waals surface area contributed by atoms with E-state index < -0.39 is 6.04 Å². The van der Waals surface area contributed by atoms with Crippen molar-refractivity contribution in [1.82, 2.24) is 4.90 Å². The van der Waals surface area contributed by atoms with Crippen molar-refractivity contribution in [3.63, 3.8) is 0 Å². The maximum Gasteiger partial charge on any atom is 0.239 e. The number of nitrogens with zero attached hydrogens (tertiary/aromatic N) is 1. The molecule has 1 atom stereocenters. The lowest BCUT2D eigenvalue weighted by Crippen LogP contribution is -2.50. The van der Waals surface area contributed by atoms with Crippen LogP contribution in [0.3, 0.4) is 0 Å². The van der Waals surface area contributed by atoms with Gasteiger partial charge in [0.1, 0.15) is 5.75 Å². The SMILES string of the molecule is CC1(C)CCCN(C(=O)[C@H](N)Cc2ccc(O)cc2)C1. The van der Waals surface area contributed by atoms with E-state index >= 15 is 0 Å². The summed E-state index contributed by atoms with van der Waals surface area (Å²) in [7, 11) is 0. The molecule has 2 rings (SSSR count). The molecule has 0 bridgehead atoms. The molecule has 1 aliphatic rings. The highest BCUT2D eigenvalue weighted by atomic mass is 16.3. The molecule has 0 spiro atoms. The Balaban J connectivity index is 1.96. The van der Waals surface area contributed by atoms with Crippen molar-refractivity contribution in [2.24, 2.45) is 11.1 Å². The summed E-state index contributed by atoms with van der Waals surface area (Å²) in [6, 6.07) is 6.35. The third kappa shape index (κ3) is 3.73. The summed E-state index contributed by atoms with van der Waals surface area (Å²) in [4.78, 5) is 14.3. The van der Waals surface area contributed by atoms with Gasteiger partial charge in [0.25, 0.3) is 0 Å². The molecule has 0 unspecified atom stereocenters. The maximum absolute atomic E-state index is 12.4. The number of hydrogen-bond acceptors (Lipinski definition) is 3. The predicted octanol–water partition coefficient (Wildman–Crippen LogP) is 1.91. The first-order valence-electron chi connectivity index (χ1n) is 7.20. The number of phenols is 1. The molecule has 3 N–H and O–H groups in total. The second-order valence-corrected chi connectivity index (χ2v) is 6.50. The Morgan fingerprint density at radius 2 is 2.05 bits per heavy atom. The summed E-state index contributed by atoms with van der Waals surface area (Å²) >= 11 is 0. The van der Waals surface area contributed by atoms with Crippen molar-refractivity contribution < 1.29 is 9.90 Å². The molecule has 0 aliphatic carbocycles. The largest absolute Gasteiger partial charge is 0.508 e. The van der Waals surface area contributed by atoms with Crippen LogP contribution in [-0.4, -0.2) is 35.0 Å². The number of benzene rings is 1. The molecule has 20 heavy (non-hydrogen) atoms. The summed E-state index contributed by atoms with van der Waals surface area (Å²) in [6.45, 7) is 5.98. The number of nitrogens with two attached hydrogens (primary N) is 1. The minimum absolute atomic E-state index is 0.0332. The van der Waals surface area contributed by atoms with Crippen molar-refractivity contribution in [3.8, 4) is 5.75 Å². The number of phenolic OH excluding ortho intramolecular Hbond substituents is 1. The minimum Gasteiger partial charge on any atom is -0.508 e. The monoisotopic (exact) mass is 276 g/mol. The van der Waals surface area contributed by atoms with Crippen molar-refractivity contribution in [2.75, 3.05) is 13.1 Å². The van der Waals surface area contributed by atoms with E-state index in [-0.39, 0.29) is 17.1 Å². The van der Waals surface area contributed by atoms with E-state index in [1.165, 1.54) is 0 Å². The molecule has 110 valence electrons. The number of hydrogen-bond donors (Lipinski definition) is 2. The van der Waals surface area contributed by atoms with Crippen molar-refractivity contribution >= 4 is 5.91 Å². The van der Waals surface area contributed by atoms with E-state index in [4.69, 9.17) is 5.73 Å². The van der Waals surface area contributed by atoms with Gasteiger partial charge < -0.3 is 15.7 Å². The van der Waals surface area contributed by atoms with Crippen LogP contribution in [0.15, 0.2) is 24.3 Å². The topological polar surface area (TPSA) is 66.6 Å². The molecular formula is C16H24N2O2. The lowest BCUT2D eigenvalue weighted by molar-refractivity contribution is -0.135. The van der Waals surface area contributed by atoms with Crippen LogP contribution in [0.5, 0.6) is 5.75 Å². The molecule has 1 aromatic carbocycles. The number of carbonyl (C=O) groups excluding carboxylic acids is 1. The van der Waals surface area contributed by atoms with Gasteiger partial charge in [0.05, 0.1) is 6.04 Å². The summed E-state index contributed by atoms with van der Waals surface area (Å²) < 4.78 is 0. The highest BCUT2D eigenvalue weighted by molar-refractivity contribution is 5.82. The molecular weight excluding hydrogens is 252 g/mol. The van der Waals surface area contributed by atoms with Gasteiger partial charge in [-0.2, -0.15) is 0 Å². The van der Waals surface area contributed by atoms with Crippen molar-refractivity contribution in [1.29, 1.82) is 0 Å². The smallest absolute Gasteiger partial charge is 0.239 e. The van der Waals surface area contributed by atoms with Gasteiger partial charge in [-0.3, -0.25) is 4.79 Å². The van der Waals surface area contributed by atoms with Gasteiger partial charge in [0, 0.05) is 13.1 Å². The van der Waals surface area contributed by atoms with E-state index in [2.05, 4.69) is 13.8 Å². The third-order valence-electron chi connectivity index (χ3n) is 3.92. The average Bonchev–Trinajstić information content (AvgIpc) is 2.39. The fourth-order valence-corrected chi connectivity index (χ4v) is 2.82. The average molecular weight is 276 g/mol. The number of likely N-dealkylation sites (tertiary alicyclic amines) is 1. The Morgan fingerprint density at radius 1 is 1.40 bits per heavy atom. The van der Waals surface area contributed by atoms with E-state index in [9.17, 15) is 9.90 Å². The standard InChI is InChI=1S/C16H24N2O2/c1-16(2)8-3-9-18(11-16)15(20)14(17)10-12-4-6-13(19)7-5-12/h4-7,14,19H,3,8-11,17H2,1-2H3/t14-/m1/s1. The number of carbonyl (C=O) groups is 1. The summed E-state index contributed by atoms with van der Waals surface area (Å²) in [5.41, 5.74) is 7.21. The van der Waals surface area contributed by atoms with Crippen LogP contribution in [0.25, 0.3) is 0 Å². The predicted molar refractivity (Wildman–Crippen MR) is 79.4 cm³/mol.